The summed E-state index contributed by atoms with van der Waals surface area (Å²) in [4.78, 5) is 23.1. The molecule has 1 aromatic carbocycles. The third kappa shape index (κ3) is 2.86. The molecule has 0 bridgehead atoms. The van der Waals surface area contributed by atoms with Gasteiger partial charge in [-0.15, -0.1) is 0 Å². The first-order chi connectivity index (χ1) is 10.1. The van der Waals surface area contributed by atoms with Gasteiger partial charge in [0.1, 0.15) is 11.2 Å². The highest BCUT2D eigenvalue weighted by Gasteiger charge is 2.57. The van der Waals surface area contributed by atoms with Crippen LogP contribution in [-0.4, -0.2) is 23.1 Å². The number of aliphatic carboxylic acids is 1. The summed E-state index contributed by atoms with van der Waals surface area (Å²) in [7, 11) is 0. The monoisotopic (exact) mass is 289 g/mol. The molecule has 2 aliphatic rings. The van der Waals surface area contributed by atoms with E-state index >= 15 is 0 Å². The van der Waals surface area contributed by atoms with Crippen LogP contribution in [0.3, 0.4) is 0 Å². The van der Waals surface area contributed by atoms with E-state index in [2.05, 4.69) is 5.32 Å². The van der Waals surface area contributed by atoms with E-state index in [1.54, 1.807) is 12.1 Å². The highest BCUT2D eigenvalue weighted by Crippen LogP contribution is 2.46. The molecule has 1 aromatic rings. The lowest BCUT2D eigenvalue weighted by molar-refractivity contribution is -0.147. The van der Waals surface area contributed by atoms with Gasteiger partial charge in [-0.3, -0.25) is 9.59 Å². The lowest BCUT2D eigenvalue weighted by Gasteiger charge is -2.14. The second-order valence-electron chi connectivity index (χ2n) is 5.89. The van der Waals surface area contributed by atoms with Crippen molar-refractivity contribution in [2.75, 3.05) is 5.32 Å². The Morgan fingerprint density at radius 3 is 2.29 bits per heavy atom. The maximum Gasteiger partial charge on any atom is 0.319 e. The maximum atomic E-state index is 12.0. The van der Waals surface area contributed by atoms with Gasteiger partial charge in [0, 0.05) is 5.69 Å². The standard InChI is InChI=1S/C16H19NO4/c18-14(16(9-10-16)15(19)20)17-11-5-7-13(8-6-11)21-12-3-1-2-4-12/h5-8,12H,1-4,9-10H2,(H,17,18)(H,19,20). The van der Waals surface area contributed by atoms with E-state index in [-0.39, 0.29) is 0 Å². The highest BCUT2D eigenvalue weighted by molar-refractivity contribution is 6.10. The molecule has 0 spiro atoms. The van der Waals surface area contributed by atoms with Crippen molar-refractivity contribution >= 4 is 17.6 Å². The van der Waals surface area contributed by atoms with Gasteiger partial charge in [-0.05, 0) is 62.8 Å². The number of carboxylic acids is 1. The van der Waals surface area contributed by atoms with E-state index in [0.29, 0.717) is 24.6 Å². The molecule has 0 atom stereocenters. The molecule has 5 nitrogen and oxygen atoms in total. The van der Waals surface area contributed by atoms with Gasteiger partial charge in [0.15, 0.2) is 0 Å². The lowest BCUT2D eigenvalue weighted by Crippen LogP contribution is -2.31. The normalized spacial score (nSPS) is 20.0. The Labute approximate surface area is 123 Å². The van der Waals surface area contributed by atoms with Gasteiger partial charge in [0.2, 0.25) is 5.91 Å². The molecule has 1 amide bonds. The molecule has 0 heterocycles. The van der Waals surface area contributed by atoms with Crippen LogP contribution in [0.5, 0.6) is 5.75 Å². The quantitative estimate of drug-likeness (QED) is 0.817. The summed E-state index contributed by atoms with van der Waals surface area (Å²) in [5, 5.41) is 11.7. The maximum absolute atomic E-state index is 12.0. The first kappa shape index (κ1) is 13.9. The Balaban J connectivity index is 1.59. The van der Waals surface area contributed by atoms with Gasteiger partial charge in [0.25, 0.3) is 0 Å². The zero-order valence-corrected chi connectivity index (χ0v) is 11.8. The molecule has 5 heteroatoms. The third-order valence-electron chi connectivity index (χ3n) is 4.31. The Morgan fingerprint density at radius 2 is 1.76 bits per heavy atom. The van der Waals surface area contributed by atoms with Crippen molar-refractivity contribution in [1.82, 2.24) is 0 Å². The zero-order valence-electron chi connectivity index (χ0n) is 11.8. The molecular weight excluding hydrogens is 270 g/mol. The average molecular weight is 289 g/mol. The number of hydrogen-bond donors (Lipinski definition) is 2. The predicted octanol–water partition coefficient (Wildman–Crippen LogP) is 2.81. The number of hydrogen-bond acceptors (Lipinski definition) is 3. The summed E-state index contributed by atoms with van der Waals surface area (Å²) in [5.41, 5.74) is -0.606. The average Bonchev–Trinajstić information content (AvgIpc) is 3.14. The summed E-state index contributed by atoms with van der Waals surface area (Å²) in [5.74, 6) is -0.681. The van der Waals surface area contributed by atoms with Crippen molar-refractivity contribution in [3.05, 3.63) is 24.3 Å². The number of nitrogens with one attached hydrogen (secondary N) is 1. The summed E-state index contributed by atoms with van der Waals surface area (Å²) in [6, 6.07) is 7.13. The molecule has 0 radical (unpaired) electrons. The van der Waals surface area contributed by atoms with Crippen LogP contribution in [0.2, 0.25) is 0 Å². The molecule has 0 unspecified atom stereocenters. The van der Waals surface area contributed by atoms with Gasteiger partial charge >= 0.3 is 5.97 Å². The van der Waals surface area contributed by atoms with Crippen molar-refractivity contribution in [3.8, 4) is 5.75 Å². The largest absolute Gasteiger partial charge is 0.490 e. The summed E-state index contributed by atoms with van der Waals surface area (Å²) < 4.78 is 5.85. The second kappa shape index (κ2) is 5.39. The predicted molar refractivity (Wildman–Crippen MR) is 77.3 cm³/mol. The fourth-order valence-corrected chi connectivity index (χ4v) is 2.73. The van der Waals surface area contributed by atoms with Crippen molar-refractivity contribution in [1.29, 1.82) is 0 Å². The summed E-state index contributed by atoms with van der Waals surface area (Å²) in [6.07, 6.45) is 5.76. The molecule has 3 rings (SSSR count). The first-order valence-electron chi connectivity index (χ1n) is 7.42. The SMILES string of the molecule is O=C(O)C1(C(=O)Nc2ccc(OC3CCCC3)cc2)CC1. The van der Waals surface area contributed by atoms with Crippen LogP contribution < -0.4 is 10.1 Å². The Morgan fingerprint density at radius 1 is 1.14 bits per heavy atom. The van der Waals surface area contributed by atoms with Crippen LogP contribution in [-0.2, 0) is 9.59 Å². The van der Waals surface area contributed by atoms with Crippen LogP contribution in [0.15, 0.2) is 24.3 Å². The second-order valence-corrected chi connectivity index (χ2v) is 5.89. The number of carbonyl (C=O) groups excluding carboxylic acids is 1. The van der Waals surface area contributed by atoms with E-state index in [1.807, 2.05) is 12.1 Å². The third-order valence-corrected chi connectivity index (χ3v) is 4.31. The van der Waals surface area contributed by atoms with Crippen LogP contribution in [0.1, 0.15) is 38.5 Å². The van der Waals surface area contributed by atoms with Crippen molar-refractivity contribution < 1.29 is 19.4 Å². The molecule has 2 saturated carbocycles. The Kier molecular flexibility index (Phi) is 3.57. The number of ether oxygens (including phenoxy) is 1. The van der Waals surface area contributed by atoms with Crippen molar-refractivity contribution in [3.63, 3.8) is 0 Å². The highest BCUT2D eigenvalue weighted by atomic mass is 16.5. The van der Waals surface area contributed by atoms with Crippen LogP contribution in [0.4, 0.5) is 5.69 Å². The molecule has 112 valence electrons. The smallest absolute Gasteiger partial charge is 0.319 e. The fourth-order valence-electron chi connectivity index (χ4n) is 2.73. The molecule has 2 aliphatic carbocycles. The number of anilines is 1. The number of carboxylic acid groups (broad SMARTS) is 1. The molecule has 21 heavy (non-hydrogen) atoms. The molecule has 2 N–H and O–H groups in total. The zero-order chi connectivity index (χ0) is 14.9. The number of amides is 1. The van der Waals surface area contributed by atoms with E-state index in [9.17, 15) is 9.59 Å². The molecule has 2 fully saturated rings. The van der Waals surface area contributed by atoms with Crippen LogP contribution in [0, 0.1) is 5.41 Å². The summed E-state index contributed by atoms with van der Waals surface area (Å²) in [6.45, 7) is 0. The van der Waals surface area contributed by atoms with Crippen LogP contribution in [0.25, 0.3) is 0 Å². The molecule has 0 aromatic heterocycles. The van der Waals surface area contributed by atoms with Crippen molar-refractivity contribution in [2.45, 2.75) is 44.6 Å². The van der Waals surface area contributed by atoms with E-state index in [1.165, 1.54) is 12.8 Å². The number of benzene rings is 1. The fraction of sp³-hybridized carbons (Fsp3) is 0.500. The van der Waals surface area contributed by atoms with E-state index < -0.39 is 17.3 Å². The summed E-state index contributed by atoms with van der Waals surface area (Å²) >= 11 is 0. The minimum atomic E-state index is -1.21. The minimum absolute atomic E-state index is 0.298. The van der Waals surface area contributed by atoms with Gasteiger partial charge in [-0.1, -0.05) is 0 Å². The van der Waals surface area contributed by atoms with Gasteiger partial charge < -0.3 is 15.2 Å². The van der Waals surface area contributed by atoms with Gasteiger partial charge in [0.05, 0.1) is 6.10 Å². The molecule has 0 saturated heterocycles. The molecular formula is C16H19NO4. The Hall–Kier alpha value is -2.04. The Bertz CT molecular complexity index is 542. The minimum Gasteiger partial charge on any atom is -0.490 e. The number of carbonyl (C=O) groups is 2. The van der Waals surface area contributed by atoms with Gasteiger partial charge in [-0.2, -0.15) is 0 Å². The van der Waals surface area contributed by atoms with Crippen LogP contribution >= 0.6 is 0 Å². The molecule has 0 aliphatic heterocycles. The topological polar surface area (TPSA) is 75.6 Å². The number of rotatable bonds is 5. The van der Waals surface area contributed by atoms with Gasteiger partial charge in [-0.25, -0.2) is 0 Å². The lowest BCUT2D eigenvalue weighted by atomic mass is 10.1. The van der Waals surface area contributed by atoms with E-state index in [0.717, 1.165) is 18.6 Å². The van der Waals surface area contributed by atoms with Crippen molar-refractivity contribution in [2.24, 2.45) is 5.41 Å². The van der Waals surface area contributed by atoms with E-state index in [4.69, 9.17) is 9.84 Å². The first-order valence-corrected chi connectivity index (χ1v) is 7.42.